The number of nitrogens with zero attached hydrogens (tertiary/aromatic N) is 3. The summed E-state index contributed by atoms with van der Waals surface area (Å²) in [5, 5.41) is 22.9. The quantitative estimate of drug-likeness (QED) is 0.369. The van der Waals surface area contributed by atoms with Crippen LogP contribution in [0.25, 0.3) is 0 Å². The van der Waals surface area contributed by atoms with Crippen molar-refractivity contribution in [2.45, 2.75) is 44.9 Å². The number of aromatic hydroxyl groups is 1. The van der Waals surface area contributed by atoms with Crippen LogP contribution in [0, 0.1) is 34.9 Å². The minimum Gasteiger partial charge on any atom is -0.507 e. The minimum atomic E-state index is -0.292. The Kier molecular flexibility index (Phi) is 10.3. The van der Waals surface area contributed by atoms with Gasteiger partial charge in [-0.2, -0.15) is 5.26 Å². The molecule has 1 saturated heterocycles. The first-order valence-electron chi connectivity index (χ1n) is 13.8. The van der Waals surface area contributed by atoms with E-state index in [-0.39, 0.29) is 29.0 Å². The van der Waals surface area contributed by atoms with E-state index in [1.54, 1.807) is 24.3 Å². The Bertz CT molecular complexity index is 1090. The molecule has 8 heteroatoms. The number of rotatable bonds is 10. The van der Waals surface area contributed by atoms with E-state index in [1.807, 2.05) is 6.07 Å². The van der Waals surface area contributed by atoms with Crippen LogP contribution >= 0.6 is 11.6 Å². The molecular weight excluding hydrogens is 503 g/mol. The fraction of sp³-hybridized carbons (Fsp3) is 0.533. The van der Waals surface area contributed by atoms with Crippen molar-refractivity contribution in [3.05, 3.63) is 58.9 Å². The largest absolute Gasteiger partial charge is 0.507 e. The Balaban J connectivity index is 1.11. The van der Waals surface area contributed by atoms with Crippen LogP contribution in [-0.2, 0) is 0 Å². The molecule has 1 heterocycles. The number of nitrogens with one attached hydrogen (secondary N) is 1. The molecule has 1 unspecified atom stereocenters. The van der Waals surface area contributed by atoms with Gasteiger partial charge in [-0.1, -0.05) is 36.6 Å². The van der Waals surface area contributed by atoms with Gasteiger partial charge < -0.3 is 15.3 Å². The van der Waals surface area contributed by atoms with Gasteiger partial charge in [0, 0.05) is 49.4 Å². The number of carbonyl (C=O) groups is 1. The highest BCUT2D eigenvalue weighted by Crippen LogP contribution is 2.36. The van der Waals surface area contributed by atoms with E-state index in [4.69, 9.17) is 11.6 Å². The molecule has 204 valence electrons. The Hall–Kier alpha value is -2.82. The van der Waals surface area contributed by atoms with Crippen LogP contribution in [0.15, 0.2) is 42.5 Å². The topological polar surface area (TPSA) is 79.6 Å². The molecule has 2 aromatic rings. The van der Waals surface area contributed by atoms with Crippen molar-refractivity contribution in [2.75, 3.05) is 44.2 Å². The predicted molar refractivity (Wildman–Crippen MR) is 149 cm³/mol. The van der Waals surface area contributed by atoms with Crippen molar-refractivity contribution >= 4 is 23.2 Å². The van der Waals surface area contributed by atoms with Crippen molar-refractivity contribution in [1.29, 1.82) is 5.26 Å². The Labute approximate surface area is 230 Å². The van der Waals surface area contributed by atoms with E-state index in [9.17, 15) is 19.6 Å². The zero-order chi connectivity index (χ0) is 26.9. The highest BCUT2D eigenvalue weighted by atomic mass is 35.5. The van der Waals surface area contributed by atoms with Gasteiger partial charge in [-0.25, -0.2) is 4.39 Å². The van der Waals surface area contributed by atoms with Crippen LogP contribution in [0.5, 0.6) is 5.75 Å². The first-order chi connectivity index (χ1) is 18.4. The number of anilines is 1. The smallest absolute Gasteiger partial charge is 0.255 e. The highest BCUT2D eigenvalue weighted by molar-refractivity contribution is 6.30. The van der Waals surface area contributed by atoms with E-state index in [0.717, 1.165) is 64.1 Å². The molecule has 0 radical (unpaired) electrons. The molecule has 2 aromatic carbocycles. The van der Waals surface area contributed by atoms with Crippen molar-refractivity contribution < 1.29 is 14.3 Å². The number of carbonyl (C=O) groups excluding carboxylic acids is 1. The number of phenolic OH excluding ortho intramolecular Hbond substituents is 1. The molecule has 1 amide bonds. The van der Waals surface area contributed by atoms with Crippen molar-refractivity contribution in [1.82, 2.24) is 10.2 Å². The summed E-state index contributed by atoms with van der Waals surface area (Å²) in [5.74, 6) is 0.586. The first-order valence-corrected chi connectivity index (χ1v) is 14.2. The third kappa shape index (κ3) is 7.85. The number of hydrogen-bond acceptors (Lipinski definition) is 5. The summed E-state index contributed by atoms with van der Waals surface area (Å²) >= 11 is 6.02. The molecule has 0 bridgehead atoms. The molecule has 4 rings (SSSR count). The molecule has 1 aliphatic heterocycles. The standard InChI is InChI=1S/C30H38ClFN4O2/c31-25-18-26(32)20-27(19-25)36-16-14-35(15-17-36)13-11-22-7-9-23(10-8-22)24(21-33)4-3-12-34-30(38)28-5-1-2-6-29(28)37/h1-2,5-6,18-20,22-24,37H,3-4,7-17H2,(H,34,38). The number of piperazine rings is 1. The third-order valence-corrected chi connectivity index (χ3v) is 8.41. The lowest BCUT2D eigenvalue weighted by Crippen LogP contribution is -2.47. The summed E-state index contributed by atoms with van der Waals surface area (Å²) in [6.45, 7) is 5.29. The molecule has 6 nitrogen and oxygen atoms in total. The average molecular weight is 541 g/mol. The number of phenols is 1. The van der Waals surface area contributed by atoms with Gasteiger partial charge >= 0.3 is 0 Å². The van der Waals surface area contributed by atoms with Crippen LogP contribution in [0.1, 0.15) is 55.3 Å². The van der Waals surface area contributed by atoms with Crippen LogP contribution in [0.4, 0.5) is 10.1 Å². The molecule has 1 saturated carbocycles. The summed E-state index contributed by atoms with van der Waals surface area (Å²) in [6.07, 6.45) is 7.28. The number of amides is 1. The highest BCUT2D eigenvalue weighted by Gasteiger charge is 2.28. The SMILES string of the molecule is N#CC(CCCNC(=O)c1ccccc1O)C1CCC(CCN2CCN(c3cc(F)cc(Cl)c3)CC2)CC1. The summed E-state index contributed by atoms with van der Waals surface area (Å²) in [7, 11) is 0. The van der Waals surface area contributed by atoms with Gasteiger partial charge in [0.1, 0.15) is 11.6 Å². The lowest BCUT2D eigenvalue weighted by atomic mass is 9.74. The monoisotopic (exact) mass is 540 g/mol. The summed E-state index contributed by atoms with van der Waals surface area (Å²) < 4.78 is 13.7. The van der Waals surface area contributed by atoms with Gasteiger partial charge in [0.05, 0.1) is 11.6 Å². The normalized spacial score (nSPS) is 21.0. The Morgan fingerprint density at radius 3 is 2.55 bits per heavy atom. The van der Waals surface area contributed by atoms with Crippen LogP contribution < -0.4 is 10.2 Å². The molecule has 2 N–H and O–H groups in total. The molecule has 0 spiro atoms. The van der Waals surface area contributed by atoms with Gasteiger partial charge in [-0.15, -0.1) is 0 Å². The molecule has 1 aliphatic carbocycles. The Morgan fingerprint density at radius 1 is 1.13 bits per heavy atom. The van der Waals surface area contributed by atoms with E-state index in [0.29, 0.717) is 23.4 Å². The van der Waals surface area contributed by atoms with Crippen molar-refractivity contribution in [3.8, 4) is 11.8 Å². The predicted octanol–water partition coefficient (Wildman–Crippen LogP) is 5.85. The zero-order valence-corrected chi connectivity index (χ0v) is 22.7. The lowest BCUT2D eigenvalue weighted by molar-refractivity contribution is 0.0949. The van der Waals surface area contributed by atoms with Gasteiger partial charge in [0.15, 0.2) is 0 Å². The maximum Gasteiger partial charge on any atom is 0.255 e. The second-order valence-electron chi connectivity index (χ2n) is 10.7. The van der Waals surface area contributed by atoms with Gasteiger partial charge in [-0.05, 0) is 80.8 Å². The van der Waals surface area contributed by atoms with E-state index in [1.165, 1.54) is 31.4 Å². The fourth-order valence-electron chi connectivity index (χ4n) is 5.89. The number of para-hydroxylation sites is 1. The second-order valence-corrected chi connectivity index (χ2v) is 11.1. The van der Waals surface area contributed by atoms with E-state index >= 15 is 0 Å². The number of nitriles is 1. The molecule has 38 heavy (non-hydrogen) atoms. The van der Waals surface area contributed by atoms with Gasteiger partial charge in [0.25, 0.3) is 5.91 Å². The number of hydrogen-bond donors (Lipinski definition) is 2. The number of benzene rings is 2. The maximum absolute atomic E-state index is 13.7. The van der Waals surface area contributed by atoms with Gasteiger partial charge in [-0.3, -0.25) is 9.69 Å². The van der Waals surface area contributed by atoms with E-state index < -0.39 is 0 Å². The molecule has 2 fully saturated rings. The van der Waals surface area contributed by atoms with Crippen molar-refractivity contribution in [2.24, 2.45) is 17.8 Å². The third-order valence-electron chi connectivity index (χ3n) is 8.19. The summed E-state index contributed by atoms with van der Waals surface area (Å²) in [6, 6.07) is 13.8. The maximum atomic E-state index is 13.7. The van der Waals surface area contributed by atoms with Gasteiger partial charge in [0.2, 0.25) is 0 Å². The van der Waals surface area contributed by atoms with Crippen LogP contribution in [-0.4, -0.2) is 55.2 Å². The molecular formula is C30H38ClFN4O2. The number of halogens is 2. The second kappa shape index (κ2) is 13.8. The average Bonchev–Trinajstić information content (AvgIpc) is 2.92. The van der Waals surface area contributed by atoms with Crippen molar-refractivity contribution in [3.63, 3.8) is 0 Å². The minimum absolute atomic E-state index is 0.0202. The summed E-state index contributed by atoms with van der Waals surface area (Å²) in [5.41, 5.74) is 1.14. The summed E-state index contributed by atoms with van der Waals surface area (Å²) in [4.78, 5) is 16.9. The fourth-order valence-corrected chi connectivity index (χ4v) is 6.10. The molecule has 0 aromatic heterocycles. The molecule has 2 aliphatic rings. The Morgan fingerprint density at radius 2 is 1.87 bits per heavy atom. The lowest BCUT2D eigenvalue weighted by Gasteiger charge is -2.37. The van der Waals surface area contributed by atoms with E-state index in [2.05, 4.69) is 21.2 Å². The molecule has 1 atom stereocenters. The van der Waals surface area contributed by atoms with Crippen LogP contribution in [0.2, 0.25) is 5.02 Å². The zero-order valence-electron chi connectivity index (χ0n) is 21.9. The van der Waals surface area contributed by atoms with Crippen LogP contribution in [0.3, 0.4) is 0 Å². The first kappa shape index (κ1) is 28.2.